The Morgan fingerprint density at radius 3 is 2.62 bits per heavy atom. The van der Waals surface area contributed by atoms with Gasteiger partial charge in [0, 0.05) is 13.2 Å². The van der Waals surface area contributed by atoms with E-state index in [0.717, 1.165) is 25.0 Å². The number of hydrogen-bond acceptors (Lipinski definition) is 4. The Morgan fingerprint density at radius 1 is 1.29 bits per heavy atom. The van der Waals surface area contributed by atoms with Gasteiger partial charge in [-0.1, -0.05) is 13.3 Å². The highest BCUT2D eigenvalue weighted by atomic mass is 32.2. The van der Waals surface area contributed by atoms with Gasteiger partial charge in [0.2, 0.25) is 10.0 Å². The van der Waals surface area contributed by atoms with Crippen LogP contribution in [0.1, 0.15) is 25.3 Å². The minimum absolute atomic E-state index is 0.0165. The first-order valence-electron chi connectivity index (χ1n) is 6.59. The van der Waals surface area contributed by atoms with Gasteiger partial charge in [-0.25, -0.2) is 21.9 Å². The maximum absolute atomic E-state index is 13.9. The molecule has 1 aromatic carbocycles. The molecule has 0 fully saturated rings. The summed E-state index contributed by atoms with van der Waals surface area (Å²) in [6, 6.07) is 1.63. The Hall–Kier alpha value is -1.09. The van der Waals surface area contributed by atoms with Gasteiger partial charge in [0.15, 0.2) is 5.82 Å². The molecule has 0 aliphatic rings. The van der Waals surface area contributed by atoms with E-state index in [2.05, 4.69) is 4.72 Å². The van der Waals surface area contributed by atoms with Gasteiger partial charge in [0.05, 0.1) is 18.8 Å². The van der Waals surface area contributed by atoms with Crippen molar-refractivity contribution in [2.75, 3.05) is 19.8 Å². The van der Waals surface area contributed by atoms with Crippen LogP contribution in [0.3, 0.4) is 0 Å². The van der Waals surface area contributed by atoms with Crippen molar-refractivity contribution in [1.82, 2.24) is 4.72 Å². The summed E-state index contributed by atoms with van der Waals surface area (Å²) in [4.78, 5) is -0.693. The van der Waals surface area contributed by atoms with Crippen LogP contribution in [0.5, 0.6) is 0 Å². The molecule has 0 aliphatic heterocycles. The van der Waals surface area contributed by atoms with Crippen molar-refractivity contribution in [3.63, 3.8) is 0 Å². The fraction of sp³-hybridized carbons (Fsp3) is 0.538. The number of benzene rings is 1. The van der Waals surface area contributed by atoms with Crippen LogP contribution in [0, 0.1) is 11.6 Å². The van der Waals surface area contributed by atoms with Crippen molar-refractivity contribution < 1.29 is 27.0 Å². The van der Waals surface area contributed by atoms with E-state index < -0.39 is 38.7 Å². The number of aliphatic hydroxyl groups excluding tert-OH is 1. The summed E-state index contributed by atoms with van der Waals surface area (Å²) in [5.41, 5.74) is -0.669. The maximum Gasteiger partial charge on any atom is 0.243 e. The molecule has 0 saturated carbocycles. The van der Waals surface area contributed by atoms with Gasteiger partial charge >= 0.3 is 0 Å². The number of hydrogen-bond donors (Lipinski definition) is 2. The second kappa shape index (κ2) is 8.38. The Kier molecular flexibility index (Phi) is 7.16. The molecular formula is C13H19F2NO4S. The van der Waals surface area contributed by atoms with E-state index >= 15 is 0 Å². The standard InChI is InChI=1S/C13H19F2NO4S/c1-2-3-7-20-8-6-16-21(18,19)12-5-4-11(14)10(9-17)13(12)15/h4-5,16-17H,2-3,6-9H2,1H3. The minimum Gasteiger partial charge on any atom is -0.391 e. The maximum atomic E-state index is 13.9. The van der Waals surface area contributed by atoms with Gasteiger partial charge in [-0.05, 0) is 18.6 Å². The Bertz CT molecular complexity index is 564. The lowest BCUT2D eigenvalue weighted by Gasteiger charge is -2.10. The van der Waals surface area contributed by atoms with Crippen molar-refractivity contribution in [3.8, 4) is 0 Å². The SMILES string of the molecule is CCCCOCCNS(=O)(=O)c1ccc(F)c(CO)c1F. The summed E-state index contributed by atoms with van der Waals surface area (Å²) in [6.07, 6.45) is 1.84. The Balaban J connectivity index is 2.71. The fourth-order valence-electron chi connectivity index (χ4n) is 1.60. The van der Waals surface area contributed by atoms with Crippen LogP contribution in [-0.2, 0) is 21.4 Å². The summed E-state index contributed by atoms with van der Waals surface area (Å²) in [5, 5.41) is 8.87. The molecule has 0 aliphatic carbocycles. The zero-order valence-corrected chi connectivity index (χ0v) is 12.5. The molecule has 8 heteroatoms. The zero-order valence-electron chi connectivity index (χ0n) is 11.7. The number of unbranched alkanes of at least 4 members (excludes halogenated alkanes) is 1. The molecule has 0 spiro atoms. The first-order valence-corrected chi connectivity index (χ1v) is 8.07. The molecule has 0 saturated heterocycles. The van der Waals surface area contributed by atoms with Crippen LogP contribution in [-0.4, -0.2) is 33.3 Å². The molecule has 0 amide bonds. The van der Waals surface area contributed by atoms with Crippen LogP contribution < -0.4 is 4.72 Å². The number of ether oxygens (including phenoxy) is 1. The van der Waals surface area contributed by atoms with Gasteiger partial charge in [0.1, 0.15) is 10.7 Å². The van der Waals surface area contributed by atoms with Gasteiger partial charge in [-0.15, -0.1) is 0 Å². The Morgan fingerprint density at radius 2 is 2.00 bits per heavy atom. The van der Waals surface area contributed by atoms with Crippen molar-refractivity contribution in [2.45, 2.75) is 31.3 Å². The third-order valence-electron chi connectivity index (χ3n) is 2.78. The molecule has 0 heterocycles. The molecule has 1 rings (SSSR count). The second-order valence-electron chi connectivity index (χ2n) is 4.36. The normalized spacial score (nSPS) is 11.8. The summed E-state index contributed by atoms with van der Waals surface area (Å²) in [5.74, 6) is -2.27. The van der Waals surface area contributed by atoms with Crippen LogP contribution in [0.4, 0.5) is 8.78 Å². The van der Waals surface area contributed by atoms with E-state index in [1.807, 2.05) is 6.92 Å². The summed E-state index contributed by atoms with van der Waals surface area (Å²) >= 11 is 0. The monoisotopic (exact) mass is 323 g/mol. The number of sulfonamides is 1. The van der Waals surface area contributed by atoms with E-state index in [4.69, 9.17) is 9.84 Å². The van der Waals surface area contributed by atoms with Crippen molar-refractivity contribution in [1.29, 1.82) is 0 Å². The van der Waals surface area contributed by atoms with E-state index in [1.165, 1.54) is 0 Å². The van der Waals surface area contributed by atoms with Crippen LogP contribution in [0.2, 0.25) is 0 Å². The zero-order chi connectivity index (χ0) is 15.9. The second-order valence-corrected chi connectivity index (χ2v) is 6.10. The first-order chi connectivity index (χ1) is 9.94. The van der Waals surface area contributed by atoms with E-state index in [9.17, 15) is 17.2 Å². The van der Waals surface area contributed by atoms with Crippen molar-refractivity contribution >= 4 is 10.0 Å². The topological polar surface area (TPSA) is 75.6 Å². The fourth-order valence-corrected chi connectivity index (χ4v) is 2.72. The molecule has 0 radical (unpaired) electrons. The molecular weight excluding hydrogens is 304 g/mol. The van der Waals surface area contributed by atoms with Crippen LogP contribution in [0.25, 0.3) is 0 Å². The molecule has 0 aromatic heterocycles. The average molecular weight is 323 g/mol. The molecule has 2 N–H and O–H groups in total. The number of rotatable bonds is 9. The first kappa shape index (κ1) is 18.0. The molecule has 0 unspecified atom stereocenters. The third-order valence-corrected chi connectivity index (χ3v) is 4.26. The highest BCUT2D eigenvalue weighted by Gasteiger charge is 2.22. The molecule has 120 valence electrons. The van der Waals surface area contributed by atoms with Gasteiger partial charge in [-0.3, -0.25) is 0 Å². The van der Waals surface area contributed by atoms with Gasteiger partial charge < -0.3 is 9.84 Å². The largest absolute Gasteiger partial charge is 0.391 e. The Labute approximate surface area is 123 Å². The third kappa shape index (κ3) is 4.99. The average Bonchev–Trinajstić information content (AvgIpc) is 2.43. The minimum atomic E-state index is -4.12. The quantitative estimate of drug-likeness (QED) is 0.676. The lowest BCUT2D eigenvalue weighted by molar-refractivity contribution is 0.136. The van der Waals surface area contributed by atoms with Crippen LogP contribution >= 0.6 is 0 Å². The lowest BCUT2D eigenvalue weighted by atomic mass is 10.2. The summed E-state index contributed by atoms with van der Waals surface area (Å²) in [7, 11) is -4.12. The van der Waals surface area contributed by atoms with Gasteiger partial charge in [0.25, 0.3) is 0 Å². The molecule has 5 nitrogen and oxygen atoms in total. The highest BCUT2D eigenvalue weighted by Crippen LogP contribution is 2.20. The molecule has 21 heavy (non-hydrogen) atoms. The number of nitrogens with one attached hydrogen (secondary N) is 1. The molecule has 0 bridgehead atoms. The predicted molar refractivity (Wildman–Crippen MR) is 73.2 cm³/mol. The predicted octanol–water partition coefficient (Wildman–Crippen LogP) is 1.55. The smallest absolute Gasteiger partial charge is 0.243 e. The van der Waals surface area contributed by atoms with E-state index in [-0.39, 0.29) is 13.2 Å². The summed E-state index contributed by atoms with van der Waals surface area (Å²) in [6.45, 7) is 1.76. The van der Waals surface area contributed by atoms with Gasteiger partial charge in [-0.2, -0.15) is 0 Å². The number of aliphatic hydroxyl groups is 1. The van der Waals surface area contributed by atoms with Crippen LogP contribution in [0.15, 0.2) is 17.0 Å². The van der Waals surface area contributed by atoms with Crippen molar-refractivity contribution in [3.05, 3.63) is 29.3 Å². The number of halogens is 2. The lowest BCUT2D eigenvalue weighted by Crippen LogP contribution is -2.28. The summed E-state index contributed by atoms with van der Waals surface area (Å²) < 4.78 is 58.2. The molecule has 0 atom stereocenters. The van der Waals surface area contributed by atoms with E-state index in [0.29, 0.717) is 6.61 Å². The highest BCUT2D eigenvalue weighted by molar-refractivity contribution is 7.89. The molecule has 1 aromatic rings. The van der Waals surface area contributed by atoms with Crippen molar-refractivity contribution in [2.24, 2.45) is 0 Å². The van der Waals surface area contributed by atoms with E-state index in [1.54, 1.807) is 0 Å².